The zero-order valence-corrected chi connectivity index (χ0v) is 11.7. The van der Waals surface area contributed by atoms with Crippen molar-refractivity contribution in [3.63, 3.8) is 0 Å². The zero-order chi connectivity index (χ0) is 11.7. The summed E-state index contributed by atoms with van der Waals surface area (Å²) in [4.78, 5) is 2.33. The molecule has 1 atom stereocenters. The number of aryl methyl sites for hydroxylation is 1. The molecular weight excluding hydrogens is 264 g/mol. The summed E-state index contributed by atoms with van der Waals surface area (Å²) in [6.45, 7) is 4.47. The molecule has 1 aromatic carbocycles. The Morgan fingerprint density at radius 2 is 2.06 bits per heavy atom. The first kappa shape index (κ1) is 12.1. The second-order valence-electron chi connectivity index (χ2n) is 4.83. The van der Waals surface area contributed by atoms with Crippen molar-refractivity contribution in [3.05, 3.63) is 33.8 Å². The van der Waals surface area contributed by atoms with Gasteiger partial charge in [0.05, 0.1) is 0 Å². The largest absolute Gasteiger partial charge is 0.316 e. The van der Waals surface area contributed by atoms with Crippen LogP contribution in [0.5, 0.6) is 0 Å². The molecule has 1 aromatic rings. The van der Waals surface area contributed by atoms with Gasteiger partial charge in [0, 0.05) is 29.5 Å². The summed E-state index contributed by atoms with van der Waals surface area (Å²) in [5.41, 5.74) is 2.83. The van der Waals surface area contributed by atoms with Crippen LogP contribution in [0, 0.1) is 12.8 Å². The van der Waals surface area contributed by atoms with E-state index in [1.54, 1.807) is 0 Å². The minimum Gasteiger partial charge on any atom is -0.316 e. The van der Waals surface area contributed by atoms with E-state index in [1.165, 1.54) is 15.6 Å². The predicted molar refractivity (Wildman–Crippen MR) is 71.7 cm³/mol. The van der Waals surface area contributed by atoms with E-state index in [4.69, 9.17) is 0 Å². The number of halogens is 1. The number of nitrogens with zero attached hydrogens (tertiary/aromatic N) is 1. The maximum absolute atomic E-state index is 3.57. The van der Waals surface area contributed by atoms with Gasteiger partial charge in [-0.2, -0.15) is 0 Å². The van der Waals surface area contributed by atoms with Crippen molar-refractivity contribution in [2.75, 3.05) is 27.2 Å². The normalized spacial score (nSPS) is 18.6. The number of nitrogens with one attached hydrogen (secondary N) is 1. The van der Waals surface area contributed by atoms with Crippen LogP contribution in [-0.2, 0) is 0 Å². The Morgan fingerprint density at radius 3 is 2.56 bits per heavy atom. The average Bonchev–Trinajstić information content (AvgIpc) is 2.15. The molecule has 0 aliphatic carbocycles. The van der Waals surface area contributed by atoms with Crippen LogP contribution in [-0.4, -0.2) is 32.1 Å². The summed E-state index contributed by atoms with van der Waals surface area (Å²) in [6.07, 6.45) is 0. The van der Waals surface area contributed by atoms with Gasteiger partial charge in [-0.25, -0.2) is 0 Å². The summed E-state index contributed by atoms with van der Waals surface area (Å²) in [7, 11) is 4.34. The summed E-state index contributed by atoms with van der Waals surface area (Å²) >= 11 is 3.57. The highest BCUT2D eigenvalue weighted by Crippen LogP contribution is 2.33. The number of benzene rings is 1. The van der Waals surface area contributed by atoms with Crippen LogP contribution >= 0.6 is 15.9 Å². The molecule has 88 valence electrons. The van der Waals surface area contributed by atoms with Crippen molar-refractivity contribution in [1.29, 1.82) is 0 Å². The molecule has 1 N–H and O–H groups in total. The summed E-state index contributed by atoms with van der Waals surface area (Å²) < 4.78 is 1.17. The summed E-state index contributed by atoms with van der Waals surface area (Å²) in [6, 6.07) is 7.10. The minimum absolute atomic E-state index is 0.527. The van der Waals surface area contributed by atoms with Gasteiger partial charge >= 0.3 is 0 Å². The van der Waals surface area contributed by atoms with Crippen LogP contribution in [0.25, 0.3) is 0 Å². The molecule has 1 saturated heterocycles. The van der Waals surface area contributed by atoms with Crippen molar-refractivity contribution in [3.8, 4) is 0 Å². The van der Waals surface area contributed by atoms with Crippen molar-refractivity contribution < 1.29 is 0 Å². The topological polar surface area (TPSA) is 15.3 Å². The van der Waals surface area contributed by atoms with Gasteiger partial charge in [-0.3, -0.25) is 0 Å². The maximum atomic E-state index is 3.57. The van der Waals surface area contributed by atoms with E-state index in [2.05, 4.69) is 65.4 Å². The average molecular weight is 283 g/mol. The molecule has 0 saturated carbocycles. The molecule has 1 aliphatic heterocycles. The monoisotopic (exact) mass is 282 g/mol. The van der Waals surface area contributed by atoms with Gasteiger partial charge in [-0.15, -0.1) is 0 Å². The van der Waals surface area contributed by atoms with Crippen LogP contribution in [0.4, 0.5) is 0 Å². The standard InChI is InChI=1S/C13H19BrN2/c1-9-4-5-11(14)6-12(9)13(16(2)3)10-7-15-8-10/h4-6,10,13,15H,7-8H2,1-3H3. The third-order valence-electron chi connectivity index (χ3n) is 3.38. The Morgan fingerprint density at radius 1 is 1.38 bits per heavy atom. The molecule has 3 heteroatoms. The van der Waals surface area contributed by atoms with E-state index in [0.29, 0.717) is 6.04 Å². The second-order valence-corrected chi connectivity index (χ2v) is 5.74. The SMILES string of the molecule is Cc1ccc(Br)cc1C(C1CNC1)N(C)C. The van der Waals surface area contributed by atoms with Crippen molar-refractivity contribution in [2.24, 2.45) is 5.92 Å². The van der Waals surface area contributed by atoms with E-state index in [-0.39, 0.29) is 0 Å². The molecular formula is C13H19BrN2. The molecule has 1 unspecified atom stereocenters. The summed E-state index contributed by atoms with van der Waals surface area (Å²) in [5.74, 6) is 0.739. The van der Waals surface area contributed by atoms with Crippen LogP contribution in [0.2, 0.25) is 0 Å². The smallest absolute Gasteiger partial charge is 0.0397 e. The predicted octanol–water partition coefficient (Wildman–Crippen LogP) is 2.58. The number of hydrogen-bond acceptors (Lipinski definition) is 2. The van der Waals surface area contributed by atoms with E-state index in [0.717, 1.165) is 19.0 Å². The molecule has 2 rings (SSSR count). The van der Waals surface area contributed by atoms with Gasteiger partial charge in [-0.1, -0.05) is 22.0 Å². The zero-order valence-electron chi connectivity index (χ0n) is 10.1. The van der Waals surface area contributed by atoms with E-state index < -0.39 is 0 Å². The van der Waals surface area contributed by atoms with Gasteiger partial charge in [0.1, 0.15) is 0 Å². The van der Waals surface area contributed by atoms with Crippen molar-refractivity contribution in [2.45, 2.75) is 13.0 Å². The van der Waals surface area contributed by atoms with Crippen LogP contribution < -0.4 is 5.32 Å². The first-order valence-electron chi connectivity index (χ1n) is 5.73. The Labute approximate surface area is 106 Å². The lowest BCUT2D eigenvalue weighted by molar-refractivity contribution is 0.160. The first-order valence-corrected chi connectivity index (χ1v) is 6.52. The molecule has 0 spiro atoms. The van der Waals surface area contributed by atoms with Crippen molar-refractivity contribution >= 4 is 15.9 Å². The Hall–Kier alpha value is -0.380. The van der Waals surface area contributed by atoms with Gasteiger partial charge < -0.3 is 10.2 Å². The van der Waals surface area contributed by atoms with Crippen LogP contribution in [0.3, 0.4) is 0 Å². The third-order valence-corrected chi connectivity index (χ3v) is 3.87. The fourth-order valence-corrected chi connectivity index (χ4v) is 2.80. The number of hydrogen-bond donors (Lipinski definition) is 1. The van der Waals surface area contributed by atoms with E-state index in [9.17, 15) is 0 Å². The Balaban J connectivity index is 2.33. The van der Waals surface area contributed by atoms with Crippen LogP contribution in [0.1, 0.15) is 17.2 Å². The lowest BCUT2D eigenvalue weighted by Gasteiger charge is -2.39. The lowest BCUT2D eigenvalue weighted by Crippen LogP contribution is -2.48. The molecule has 1 fully saturated rings. The third kappa shape index (κ3) is 2.31. The second kappa shape index (κ2) is 4.86. The summed E-state index contributed by atoms with van der Waals surface area (Å²) in [5, 5.41) is 3.36. The highest BCUT2D eigenvalue weighted by molar-refractivity contribution is 9.10. The highest BCUT2D eigenvalue weighted by atomic mass is 79.9. The Bertz CT molecular complexity index is 372. The fraction of sp³-hybridized carbons (Fsp3) is 0.538. The molecule has 16 heavy (non-hydrogen) atoms. The molecule has 0 bridgehead atoms. The first-order chi connectivity index (χ1) is 7.59. The van der Waals surface area contributed by atoms with Crippen molar-refractivity contribution in [1.82, 2.24) is 10.2 Å². The molecule has 2 nitrogen and oxygen atoms in total. The van der Waals surface area contributed by atoms with Gasteiger partial charge in [0.15, 0.2) is 0 Å². The molecule has 0 amide bonds. The highest BCUT2D eigenvalue weighted by Gasteiger charge is 2.30. The Kier molecular flexibility index (Phi) is 3.67. The lowest BCUT2D eigenvalue weighted by atomic mass is 9.86. The molecule has 1 aliphatic rings. The maximum Gasteiger partial charge on any atom is 0.0397 e. The van der Waals surface area contributed by atoms with Crippen LogP contribution in [0.15, 0.2) is 22.7 Å². The molecule has 0 radical (unpaired) electrons. The van der Waals surface area contributed by atoms with Gasteiger partial charge in [0.2, 0.25) is 0 Å². The van der Waals surface area contributed by atoms with Gasteiger partial charge in [0.25, 0.3) is 0 Å². The molecule has 0 aromatic heterocycles. The number of rotatable bonds is 3. The quantitative estimate of drug-likeness (QED) is 0.917. The fourth-order valence-electron chi connectivity index (χ4n) is 2.42. The molecule has 1 heterocycles. The van der Waals surface area contributed by atoms with E-state index in [1.807, 2.05) is 0 Å². The minimum atomic E-state index is 0.527. The van der Waals surface area contributed by atoms with Gasteiger partial charge in [-0.05, 0) is 44.3 Å². The van der Waals surface area contributed by atoms with E-state index >= 15 is 0 Å².